The third-order valence-electron chi connectivity index (χ3n) is 0.935. The Labute approximate surface area is 76.8 Å². The standard InChI is InChI=1S/C6H7BrO5/c1-2-12-6(11)3(7)4(8)5(9)10/h3H,2H2,1H3,(H,9,10). The lowest BCUT2D eigenvalue weighted by Gasteiger charge is -2.03. The van der Waals surface area contributed by atoms with Gasteiger partial charge < -0.3 is 9.84 Å². The number of hydrogen-bond donors (Lipinski definition) is 1. The zero-order valence-electron chi connectivity index (χ0n) is 6.24. The smallest absolute Gasteiger partial charge is 0.374 e. The Kier molecular flexibility index (Phi) is 4.50. The van der Waals surface area contributed by atoms with Crippen LogP contribution in [0.5, 0.6) is 0 Å². The quantitative estimate of drug-likeness (QED) is 0.322. The molecule has 0 saturated carbocycles. The average Bonchev–Trinajstić information content (AvgIpc) is 2.02. The minimum atomic E-state index is -1.66. The number of ketones is 1. The molecule has 0 aromatic carbocycles. The first kappa shape index (κ1) is 11.1. The van der Waals surface area contributed by atoms with E-state index in [2.05, 4.69) is 20.7 Å². The van der Waals surface area contributed by atoms with Crippen molar-refractivity contribution in [3.63, 3.8) is 0 Å². The van der Waals surface area contributed by atoms with Crippen LogP contribution < -0.4 is 0 Å². The molecule has 0 radical (unpaired) electrons. The normalized spacial score (nSPS) is 11.8. The molecule has 0 fully saturated rings. The summed E-state index contributed by atoms with van der Waals surface area (Å²) in [6, 6.07) is 0. The summed E-state index contributed by atoms with van der Waals surface area (Å²) in [4.78, 5) is 30.0. The molecule has 0 spiro atoms. The van der Waals surface area contributed by atoms with Crippen molar-refractivity contribution in [1.82, 2.24) is 0 Å². The molecule has 0 aliphatic rings. The van der Waals surface area contributed by atoms with Crippen LogP contribution in [0.25, 0.3) is 0 Å². The third-order valence-corrected chi connectivity index (χ3v) is 1.72. The van der Waals surface area contributed by atoms with E-state index >= 15 is 0 Å². The highest BCUT2D eigenvalue weighted by Crippen LogP contribution is 2.03. The Morgan fingerprint density at radius 1 is 1.50 bits per heavy atom. The van der Waals surface area contributed by atoms with Crippen molar-refractivity contribution < 1.29 is 24.2 Å². The van der Waals surface area contributed by atoms with Crippen molar-refractivity contribution in [2.45, 2.75) is 11.8 Å². The van der Waals surface area contributed by atoms with Crippen molar-refractivity contribution in [2.24, 2.45) is 0 Å². The van der Waals surface area contributed by atoms with Crippen LogP contribution in [0.4, 0.5) is 0 Å². The summed E-state index contributed by atoms with van der Waals surface area (Å²) in [6.45, 7) is 1.66. The largest absolute Gasteiger partial charge is 0.475 e. The molecule has 0 aliphatic carbocycles. The van der Waals surface area contributed by atoms with Gasteiger partial charge in [0.05, 0.1) is 6.61 Å². The number of alkyl halides is 1. The van der Waals surface area contributed by atoms with Gasteiger partial charge in [-0.3, -0.25) is 9.59 Å². The SMILES string of the molecule is CCOC(=O)C(Br)C(=O)C(=O)O. The van der Waals surface area contributed by atoms with Gasteiger partial charge in [-0.25, -0.2) is 4.79 Å². The van der Waals surface area contributed by atoms with Crippen LogP contribution in [0.3, 0.4) is 0 Å². The molecule has 12 heavy (non-hydrogen) atoms. The van der Waals surface area contributed by atoms with Crippen LogP contribution in [-0.2, 0) is 19.1 Å². The summed E-state index contributed by atoms with van der Waals surface area (Å²) in [6.07, 6.45) is 0. The zero-order valence-corrected chi connectivity index (χ0v) is 7.83. The van der Waals surface area contributed by atoms with Crippen LogP contribution in [0.15, 0.2) is 0 Å². The van der Waals surface area contributed by atoms with Crippen LogP contribution in [0.2, 0.25) is 0 Å². The Balaban J connectivity index is 4.19. The van der Waals surface area contributed by atoms with Gasteiger partial charge in [0.1, 0.15) is 0 Å². The van der Waals surface area contributed by atoms with Gasteiger partial charge in [0, 0.05) is 0 Å². The van der Waals surface area contributed by atoms with Crippen molar-refractivity contribution in [3.8, 4) is 0 Å². The minimum absolute atomic E-state index is 0.105. The molecule has 1 unspecified atom stereocenters. The Hall–Kier alpha value is -0.910. The minimum Gasteiger partial charge on any atom is -0.475 e. The Morgan fingerprint density at radius 3 is 2.33 bits per heavy atom. The second-order valence-electron chi connectivity index (χ2n) is 1.78. The number of carbonyl (C=O) groups excluding carboxylic acids is 2. The second-order valence-corrected chi connectivity index (χ2v) is 2.70. The number of carboxylic acids is 1. The molecule has 0 heterocycles. The summed E-state index contributed by atoms with van der Waals surface area (Å²) >= 11 is 2.61. The van der Waals surface area contributed by atoms with Crippen molar-refractivity contribution in [1.29, 1.82) is 0 Å². The first-order chi connectivity index (χ1) is 5.50. The molecule has 5 nitrogen and oxygen atoms in total. The molecule has 0 aromatic rings. The van der Waals surface area contributed by atoms with E-state index in [0.717, 1.165) is 0 Å². The van der Waals surface area contributed by atoms with Crippen LogP contribution in [-0.4, -0.2) is 34.3 Å². The van der Waals surface area contributed by atoms with Gasteiger partial charge in [-0.05, 0) is 6.92 Å². The van der Waals surface area contributed by atoms with Crippen LogP contribution in [0.1, 0.15) is 6.92 Å². The van der Waals surface area contributed by atoms with E-state index in [1.165, 1.54) is 0 Å². The molecule has 0 bridgehead atoms. The summed E-state index contributed by atoms with van der Waals surface area (Å²) < 4.78 is 4.40. The summed E-state index contributed by atoms with van der Waals surface area (Å²) in [5.74, 6) is -3.77. The summed E-state index contributed by atoms with van der Waals surface area (Å²) in [7, 11) is 0. The fourth-order valence-electron chi connectivity index (χ4n) is 0.431. The van der Waals surface area contributed by atoms with Gasteiger partial charge >= 0.3 is 11.9 Å². The topological polar surface area (TPSA) is 80.7 Å². The number of rotatable bonds is 4. The van der Waals surface area contributed by atoms with Gasteiger partial charge in [0.15, 0.2) is 4.83 Å². The van der Waals surface area contributed by atoms with E-state index in [9.17, 15) is 14.4 Å². The third kappa shape index (κ3) is 3.00. The molecular weight excluding hydrogens is 232 g/mol. The summed E-state index contributed by atoms with van der Waals surface area (Å²) in [5.41, 5.74) is 0. The van der Waals surface area contributed by atoms with Gasteiger partial charge in [-0.1, -0.05) is 15.9 Å². The predicted molar refractivity (Wildman–Crippen MR) is 42.0 cm³/mol. The van der Waals surface area contributed by atoms with Gasteiger partial charge in [0.25, 0.3) is 5.78 Å². The fourth-order valence-corrected chi connectivity index (χ4v) is 0.759. The van der Waals surface area contributed by atoms with Crippen LogP contribution in [0, 0.1) is 0 Å². The number of hydrogen-bond acceptors (Lipinski definition) is 4. The number of halogens is 1. The first-order valence-corrected chi connectivity index (χ1v) is 4.00. The molecule has 1 N–H and O–H groups in total. The maximum atomic E-state index is 10.7. The number of Topliss-reactive ketones (excluding diaryl/α,β-unsaturated/α-hetero) is 1. The van der Waals surface area contributed by atoms with E-state index in [4.69, 9.17) is 5.11 Å². The zero-order chi connectivity index (χ0) is 9.72. The molecule has 0 saturated heterocycles. The highest BCUT2D eigenvalue weighted by molar-refractivity contribution is 9.10. The van der Waals surface area contributed by atoms with E-state index in [-0.39, 0.29) is 6.61 Å². The Bertz CT molecular complexity index is 212. The van der Waals surface area contributed by atoms with Gasteiger partial charge in [-0.2, -0.15) is 0 Å². The number of esters is 1. The van der Waals surface area contributed by atoms with E-state index in [1.54, 1.807) is 6.92 Å². The molecule has 0 amide bonds. The van der Waals surface area contributed by atoms with Crippen molar-refractivity contribution >= 4 is 33.7 Å². The van der Waals surface area contributed by atoms with E-state index in [0.29, 0.717) is 0 Å². The highest BCUT2D eigenvalue weighted by Gasteiger charge is 2.29. The number of carboxylic acid groups (broad SMARTS) is 1. The maximum absolute atomic E-state index is 10.7. The predicted octanol–water partition coefficient (Wildman–Crippen LogP) is -0.0333. The molecule has 0 aliphatic heterocycles. The van der Waals surface area contributed by atoms with Crippen LogP contribution >= 0.6 is 15.9 Å². The lowest BCUT2D eigenvalue weighted by atomic mass is 10.3. The van der Waals surface area contributed by atoms with Crippen molar-refractivity contribution in [3.05, 3.63) is 0 Å². The van der Waals surface area contributed by atoms with Gasteiger partial charge in [0.2, 0.25) is 0 Å². The summed E-state index contributed by atoms with van der Waals surface area (Å²) in [5, 5.41) is 8.18. The molecular formula is C6H7BrO5. The molecule has 0 rings (SSSR count). The lowest BCUT2D eigenvalue weighted by Crippen LogP contribution is -2.31. The molecule has 6 heteroatoms. The molecule has 68 valence electrons. The highest BCUT2D eigenvalue weighted by atomic mass is 79.9. The second kappa shape index (κ2) is 4.87. The van der Waals surface area contributed by atoms with Gasteiger partial charge in [-0.15, -0.1) is 0 Å². The monoisotopic (exact) mass is 238 g/mol. The van der Waals surface area contributed by atoms with Crippen molar-refractivity contribution in [2.75, 3.05) is 6.61 Å². The number of aliphatic carboxylic acids is 1. The van der Waals surface area contributed by atoms with E-state index < -0.39 is 22.5 Å². The average molecular weight is 239 g/mol. The number of carbonyl (C=O) groups is 3. The number of ether oxygens (including phenoxy) is 1. The fraction of sp³-hybridized carbons (Fsp3) is 0.500. The lowest BCUT2D eigenvalue weighted by molar-refractivity contribution is -0.153. The molecule has 1 atom stereocenters. The Morgan fingerprint density at radius 2 is 2.00 bits per heavy atom. The van der Waals surface area contributed by atoms with E-state index in [1.807, 2.05) is 0 Å². The molecule has 0 aromatic heterocycles. The maximum Gasteiger partial charge on any atom is 0.374 e. The first-order valence-electron chi connectivity index (χ1n) is 3.08.